The van der Waals surface area contributed by atoms with Crippen LogP contribution in [0, 0.1) is 0 Å². The summed E-state index contributed by atoms with van der Waals surface area (Å²) in [4.78, 5) is 10.9. The highest BCUT2D eigenvalue weighted by Gasteiger charge is 2.28. The fourth-order valence-corrected chi connectivity index (χ4v) is 5.00. The van der Waals surface area contributed by atoms with E-state index in [-0.39, 0.29) is 28.1 Å². The Morgan fingerprint density at radius 3 is 2.39 bits per heavy atom. The Labute approximate surface area is 207 Å². The average molecular weight is 516 g/mol. The predicted octanol–water partition coefficient (Wildman–Crippen LogP) is 2.54. The van der Waals surface area contributed by atoms with Crippen LogP contribution in [0.4, 0.5) is 5.82 Å². The maximum atomic E-state index is 13.3. The molecule has 190 valence electrons. The van der Waals surface area contributed by atoms with Crippen LogP contribution in [0.25, 0.3) is 11.0 Å². The molecule has 0 radical (unpaired) electrons. The first-order valence-corrected chi connectivity index (χ1v) is 12.2. The number of anilines is 1. The quantitative estimate of drug-likeness (QED) is 0.325. The summed E-state index contributed by atoms with van der Waals surface area (Å²) >= 11 is 0. The third-order valence-electron chi connectivity index (χ3n) is 5.27. The van der Waals surface area contributed by atoms with Crippen LogP contribution in [0.5, 0.6) is 17.2 Å². The van der Waals surface area contributed by atoms with E-state index in [0.29, 0.717) is 29.8 Å². The predicted molar refractivity (Wildman–Crippen MR) is 130 cm³/mol. The fourth-order valence-electron chi connectivity index (χ4n) is 3.67. The normalized spacial score (nSPS) is 11.3. The molecule has 0 unspecified atom stereocenters. The number of nitrogens with one attached hydrogen (secondary N) is 2. The lowest BCUT2D eigenvalue weighted by Crippen LogP contribution is -2.18. The summed E-state index contributed by atoms with van der Waals surface area (Å²) < 4.78 is 52.1. The minimum Gasteiger partial charge on any atom is -0.496 e. The van der Waals surface area contributed by atoms with E-state index >= 15 is 0 Å². The van der Waals surface area contributed by atoms with Gasteiger partial charge in [-0.2, -0.15) is 5.10 Å². The highest BCUT2D eigenvalue weighted by molar-refractivity contribution is 7.93. The molecule has 0 spiro atoms. The molecule has 2 aromatic heterocycles. The van der Waals surface area contributed by atoms with Gasteiger partial charge in [-0.25, -0.2) is 8.42 Å². The number of sulfonamides is 1. The summed E-state index contributed by atoms with van der Waals surface area (Å²) in [7, 11) is 0.0246. The molecule has 0 bridgehead atoms. The molecule has 13 heteroatoms. The monoisotopic (exact) mass is 515 g/mol. The summed E-state index contributed by atoms with van der Waals surface area (Å²) in [6.45, 7) is 2.21. The third kappa shape index (κ3) is 5.05. The first-order valence-electron chi connectivity index (χ1n) is 10.7. The van der Waals surface area contributed by atoms with Gasteiger partial charge in [0.1, 0.15) is 22.6 Å². The molecule has 0 aliphatic rings. The van der Waals surface area contributed by atoms with E-state index in [4.69, 9.17) is 18.7 Å². The van der Waals surface area contributed by atoms with E-state index in [0.717, 1.165) is 11.1 Å². The molecule has 0 saturated carbocycles. The second-order valence-corrected chi connectivity index (χ2v) is 9.37. The average Bonchev–Trinajstić information content (AvgIpc) is 3.48. The van der Waals surface area contributed by atoms with Crippen LogP contribution in [-0.2, 0) is 27.9 Å². The lowest BCUT2D eigenvalue weighted by molar-refractivity contribution is -0.119. The standard InChI is InChI=1S/C23H25N5O7S/c1-14(29)24-10-16-11-25-28(13-16)12-15-8-19(34-4)21-20(9-15)35-26-23(21)27-36(30,31)22-17(32-2)6-5-7-18(22)33-3/h5-9,11,13H,10,12H2,1-4H3,(H,24,29)(H,26,27). The van der Waals surface area contributed by atoms with Crippen molar-refractivity contribution in [3.8, 4) is 17.2 Å². The summed E-state index contributed by atoms with van der Waals surface area (Å²) in [5.74, 6) is 0.415. The van der Waals surface area contributed by atoms with Gasteiger partial charge >= 0.3 is 0 Å². The number of ether oxygens (including phenoxy) is 3. The Hall–Kier alpha value is -4.26. The van der Waals surface area contributed by atoms with Gasteiger partial charge in [0.2, 0.25) is 5.91 Å². The Balaban J connectivity index is 1.65. The van der Waals surface area contributed by atoms with Crippen LogP contribution in [0.1, 0.15) is 18.1 Å². The number of fused-ring (bicyclic) bond motifs is 1. The van der Waals surface area contributed by atoms with E-state index in [9.17, 15) is 13.2 Å². The molecule has 4 aromatic rings. The first-order chi connectivity index (χ1) is 17.2. The fraction of sp³-hybridized carbons (Fsp3) is 0.261. The minimum absolute atomic E-state index is 0.0435. The van der Waals surface area contributed by atoms with Gasteiger partial charge in [-0.05, 0) is 29.8 Å². The largest absolute Gasteiger partial charge is 0.496 e. The summed E-state index contributed by atoms with van der Waals surface area (Å²) in [5, 5.41) is 11.3. The van der Waals surface area contributed by atoms with Crippen molar-refractivity contribution in [1.82, 2.24) is 20.3 Å². The van der Waals surface area contributed by atoms with Gasteiger partial charge in [0.15, 0.2) is 16.3 Å². The van der Waals surface area contributed by atoms with Crippen molar-refractivity contribution >= 4 is 32.7 Å². The van der Waals surface area contributed by atoms with Gasteiger partial charge in [0.25, 0.3) is 10.0 Å². The topological polar surface area (TPSA) is 147 Å². The summed E-state index contributed by atoms with van der Waals surface area (Å²) in [6, 6.07) is 8.12. The van der Waals surface area contributed by atoms with Gasteiger partial charge in [-0.15, -0.1) is 0 Å². The Bertz CT molecular complexity index is 1490. The van der Waals surface area contributed by atoms with E-state index in [1.165, 1.54) is 40.4 Å². The van der Waals surface area contributed by atoms with Gasteiger partial charge in [-0.1, -0.05) is 11.2 Å². The number of hydrogen-bond acceptors (Lipinski definition) is 9. The highest BCUT2D eigenvalue weighted by atomic mass is 32.2. The number of benzene rings is 2. The minimum atomic E-state index is -4.17. The molecule has 36 heavy (non-hydrogen) atoms. The van der Waals surface area contributed by atoms with Crippen molar-refractivity contribution in [1.29, 1.82) is 0 Å². The van der Waals surface area contributed by atoms with Crippen LogP contribution in [0.15, 0.2) is 52.1 Å². The van der Waals surface area contributed by atoms with Crippen LogP contribution in [-0.4, -0.2) is 50.6 Å². The van der Waals surface area contributed by atoms with E-state index < -0.39 is 10.0 Å². The van der Waals surface area contributed by atoms with Crippen LogP contribution < -0.4 is 24.2 Å². The van der Waals surface area contributed by atoms with Crippen molar-refractivity contribution in [2.45, 2.75) is 24.9 Å². The number of rotatable bonds is 10. The molecule has 12 nitrogen and oxygen atoms in total. The third-order valence-corrected chi connectivity index (χ3v) is 6.67. The number of aromatic nitrogens is 3. The number of hydrogen-bond donors (Lipinski definition) is 2. The molecule has 0 aliphatic carbocycles. The second kappa shape index (κ2) is 10.2. The van der Waals surface area contributed by atoms with Crippen LogP contribution in [0.3, 0.4) is 0 Å². The Kier molecular flexibility index (Phi) is 7.01. The maximum Gasteiger partial charge on any atom is 0.270 e. The van der Waals surface area contributed by atoms with Crippen LogP contribution >= 0.6 is 0 Å². The molecule has 2 aromatic carbocycles. The number of methoxy groups -OCH3 is 3. The number of nitrogens with zero attached hydrogens (tertiary/aromatic N) is 3. The molecule has 1 amide bonds. The van der Waals surface area contributed by atoms with Crippen LogP contribution in [0.2, 0.25) is 0 Å². The van der Waals surface area contributed by atoms with E-state index in [2.05, 4.69) is 20.3 Å². The number of carbonyl (C=O) groups excluding carboxylic acids is 1. The van der Waals surface area contributed by atoms with Crippen molar-refractivity contribution in [2.24, 2.45) is 0 Å². The molecule has 0 saturated heterocycles. The second-order valence-electron chi connectivity index (χ2n) is 7.76. The Morgan fingerprint density at radius 2 is 1.75 bits per heavy atom. The molecule has 0 fully saturated rings. The van der Waals surface area contributed by atoms with Gasteiger partial charge in [-0.3, -0.25) is 14.2 Å². The Morgan fingerprint density at radius 1 is 1.06 bits per heavy atom. The van der Waals surface area contributed by atoms with E-state index in [1.807, 2.05) is 6.20 Å². The number of amides is 1. The summed E-state index contributed by atoms with van der Waals surface area (Å²) in [6.07, 6.45) is 3.48. The van der Waals surface area contributed by atoms with Crippen molar-refractivity contribution in [3.63, 3.8) is 0 Å². The van der Waals surface area contributed by atoms with Crippen molar-refractivity contribution in [3.05, 3.63) is 53.9 Å². The molecule has 0 atom stereocenters. The molecule has 4 rings (SSSR count). The van der Waals surface area contributed by atoms with Gasteiger partial charge in [0, 0.05) is 25.2 Å². The van der Waals surface area contributed by atoms with Gasteiger partial charge < -0.3 is 24.1 Å². The lowest BCUT2D eigenvalue weighted by atomic mass is 10.1. The zero-order valence-corrected chi connectivity index (χ0v) is 20.9. The highest BCUT2D eigenvalue weighted by Crippen LogP contribution is 2.38. The lowest BCUT2D eigenvalue weighted by Gasteiger charge is -2.14. The zero-order valence-electron chi connectivity index (χ0n) is 20.1. The SMILES string of the molecule is COc1cccc(OC)c1S(=O)(=O)Nc1noc2cc(Cn3cc(CNC(C)=O)cn3)cc(OC)c12. The maximum absolute atomic E-state index is 13.3. The molecule has 2 N–H and O–H groups in total. The first kappa shape index (κ1) is 24.9. The summed E-state index contributed by atoms with van der Waals surface area (Å²) in [5.41, 5.74) is 1.95. The van der Waals surface area contributed by atoms with Gasteiger partial charge in [0.05, 0.1) is 34.1 Å². The molecule has 0 aliphatic heterocycles. The molecule has 2 heterocycles. The number of carbonyl (C=O) groups is 1. The van der Waals surface area contributed by atoms with Crippen molar-refractivity contribution < 1.29 is 31.9 Å². The zero-order chi connectivity index (χ0) is 25.9. The molecular weight excluding hydrogens is 490 g/mol. The van der Waals surface area contributed by atoms with Crippen molar-refractivity contribution in [2.75, 3.05) is 26.1 Å². The smallest absolute Gasteiger partial charge is 0.270 e. The molecular formula is C23H25N5O7S. The van der Waals surface area contributed by atoms with E-state index in [1.54, 1.807) is 29.1 Å².